The zero-order chi connectivity index (χ0) is 51.5. The minimum Gasteiger partial charge on any atom is -0.310 e. The van der Waals surface area contributed by atoms with E-state index in [0.717, 1.165) is 23.5 Å². The normalized spacial score (nSPS) is 16.5. The van der Waals surface area contributed by atoms with Crippen molar-refractivity contribution in [3.05, 3.63) is 304 Å². The average molecular weight is 970 g/mol. The van der Waals surface area contributed by atoms with E-state index >= 15 is 0 Å². The van der Waals surface area contributed by atoms with Crippen molar-refractivity contribution in [1.29, 1.82) is 0 Å². The topological polar surface area (TPSA) is 3.24 Å². The first-order valence-corrected chi connectivity index (χ1v) is 27.2. The molecule has 2 unspecified atom stereocenters. The third kappa shape index (κ3) is 7.98. The number of rotatable bonds is 11. The van der Waals surface area contributed by atoms with E-state index in [0.29, 0.717) is 0 Å². The first kappa shape index (κ1) is 48.0. The van der Waals surface area contributed by atoms with Crippen molar-refractivity contribution in [2.24, 2.45) is 0 Å². The minimum atomic E-state index is -0.576. The molecular formula is C74H67N. The molecule has 0 spiro atoms. The molecular weight excluding hydrogens is 903 g/mol. The van der Waals surface area contributed by atoms with Crippen LogP contribution in [0.3, 0.4) is 0 Å². The monoisotopic (exact) mass is 970 g/mol. The molecule has 10 aromatic carbocycles. The third-order valence-corrected chi connectivity index (χ3v) is 16.5. The van der Waals surface area contributed by atoms with Gasteiger partial charge in [-0.3, -0.25) is 0 Å². The maximum absolute atomic E-state index is 2.54. The Morgan fingerprint density at radius 2 is 0.733 bits per heavy atom. The summed E-state index contributed by atoms with van der Waals surface area (Å²) in [5.41, 5.74) is 24.0. The van der Waals surface area contributed by atoms with E-state index in [9.17, 15) is 0 Å². The first-order valence-electron chi connectivity index (χ1n) is 27.2. The Morgan fingerprint density at radius 1 is 0.333 bits per heavy atom. The molecule has 0 N–H and O–H groups in total. The van der Waals surface area contributed by atoms with Gasteiger partial charge < -0.3 is 4.90 Å². The molecule has 0 fully saturated rings. The van der Waals surface area contributed by atoms with Crippen LogP contribution < -0.4 is 4.90 Å². The molecule has 1 heteroatoms. The van der Waals surface area contributed by atoms with E-state index < -0.39 is 10.8 Å². The summed E-state index contributed by atoms with van der Waals surface area (Å²) in [6, 6.07) is 92.8. The van der Waals surface area contributed by atoms with Crippen LogP contribution in [0.4, 0.5) is 17.1 Å². The molecule has 368 valence electrons. The molecule has 0 bridgehead atoms. The molecule has 0 radical (unpaired) electrons. The molecule has 0 heterocycles. The Morgan fingerprint density at radius 3 is 1.20 bits per heavy atom. The molecule has 12 rings (SSSR count). The van der Waals surface area contributed by atoms with Crippen LogP contribution in [0.15, 0.2) is 243 Å². The van der Waals surface area contributed by atoms with Gasteiger partial charge in [-0.25, -0.2) is 0 Å². The quantitative estimate of drug-likeness (QED) is 0.125. The molecule has 2 atom stereocenters. The van der Waals surface area contributed by atoms with Crippen LogP contribution in [-0.4, -0.2) is 0 Å². The van der Waals surface area contributed by atoms with Crippen molar-refractivity contribution >= 4 is 17.1 Å². The Balaban J connectivity index is 1.13. The van der Waals surface area contributed by atoms with E-state index in [1.165, 1.54) is 107 Å². The summed E-state index contributed by atoms with van der Waals surface area (Å²) in [7, 11) is 0. The van der Waals surface area contributed by atoms with Crippen LogP contribution in [0.5, 0.6) is 0 Å². The number of hydrogen-bond donors (Lipinski definition) is 0. The maximum atomic E-state index is 2.54. The third-order valence-electron chi connectivity index (χ3n) is 16.5. The number of aryl methyl sites for hydroxylation is 1. The number of benzene rings is 10. The summed E-state index contributed by atoms with van der Waals surface area (Å²) < 4.78 is 0. The van der Waals surface area contributed by atoms with Gasteiger partial charge >= 0.3 is 0 Å². The molecule has 0 aromatic heterocycles. The van der Waals surface area contributed by atoms with Gasteiger partial charge in [-0.05, 0) is 155 Å². The second-order valence-electron chi connectivity index (χ2n) is 23.1. The predicted octanol–water partition coefficient (Wildman–Crippen LogP) is 19.5. The Hall–Kier alpha value is -8.00. The number of nitrogens with zero attached hydrogens (tertiary/aromatic N) is 1. The second kappa shape index (κ2) is 18.7. The first-order chi connectivity index (χ1) is 36.4. The SMILES string of the molecule is CCCCc1cccc(-c2cccc(N(c3ccc4c(c3)C(c3ccccc3)(c3ccc(C(C)(C)C)cc3)c3ccccc3-4)c3ccc4c(c3)C(c3ccccc3)(c3ccc(C(C)(C)C)cc3)c3ccccc3-4)c2)c1. The van der Waals surface area contributed by atoms with Gasteiger partial charge in [0.2, 0.25) is 0 Å². The van der Waals surface area contributed by atoms with Crippen LogP contribution >= 0.6 is 0 Å². The standard InChI is InChI=1S/C74H67N/c1-8-9-22-51-23-20-24-52(47-51)53-25-21-30-60(48-53)75(61-43-45-65-63-31-16-18-33-67(63)73(69(65)49-61,56-26-12-10-13-27-56)58-39-35-54(36-40-58)71(2,3)4)62-44-46-66-64-32-17-19-34-68(64)74(70(66)50-62,57-28-14-11-15-29-57)59-41-37-55(38-42-59)72(5,6)7/h10-21,23-50H,8-9,22H2,1-7H3. The molecule has 0 aliphatic heterocycles. The fourth-order valence-corrected chi connectivity index (χ4v) is 12.8. The van der Waals surface area contributed by atoms with Gasteiger partial charge in [-0.15, -0.1) is 0 Å². The van der Waals surface area contributed by atoms with E-state index in [-0.39, 0.29) is 10.8 Å². The average Bonchev–Trinajstić information content (AvgIpc) is 3.97. The van der Waals surface area contributed by atoms with Crippen LogP contribution in [0, 0.1) is 0 Å². The molecule has 1 nitrogen and oxygen atoms in total. The number of anilines is 3. The smallest absolute Gasteiger partial charge is 0.0714 e. The van der Waals surface area contributed by atoms with Gasteiger partial charge in [0.15, 0.2) is 0 Å². The lowest BCUT2D eigenvalue weighted by Gasteiger charge is -2.36. The molecule has 0 amide bonds. The van der Waals surface area contributed by atoms with Gasteiger partial charge in [0.05, 0.1) is 10.8 Å². The van der Waals surface area contributed by atoms with Gasteiger partial charge in [0.1, 0.15) is 0 Å². The predicted molar refractivity (Wildman–Crippen MR) is 317 cm³/mol. The van der Waals surface area contributed by atoms with Gasteiger partial charge in [0, 0.05) is 17.1 Å². The highest BCUT2D eigenvalue weighted by Crippen LogP contribution is 2.60. The van der Waals surface area contributed by atoms with E-state index in [1.807, 2.05) is 0 Å². The molecule has 2 aliphatic carbocycles. The fraction of sp³-hybridized carbons (Fsp3) is 0.189. The number of hydrogen-bond acceptors (Lipinski definition) is 1. The Kier molecular flexibility index (Phi) is 12.0. The Bertz CT molecular complexity index is 3500. The largest absolute Gasteiger partial charge is 0.310 e. The summed E-state index contributed by atoms with van der Waals surface area (Å²) in [5, 5.41) is 0. The van der Waals surface area contributed by atoms with Gasteiger partial charge in [0.25, 0.3) is 0 Å². The summed E-state index contributed by atoms with van der Waals surface area (Å²) in [6.07, 6.45) is 3.43. The second-order valence-corrected chi connectivity index (χ2v) is 23.1. The Labute approximate surface area is 446 Å². The van der Waals surface area contributed by atoms with Crippen LogP contribution in [0.25, 0.3) is 33.4 Å². The van der Waals surface area contributed by atoms with Crippen molar-refractivity contribution in [3.63, 3.8) is 0 Å². The summed E-state index contributed by atoms with van der Waals surface area (Å²) >= 11 is 0. The van der Waals surface area contributed by atoms with Crippen molar-refractivity contribution in [2.75, 3.05) is 4.90 Å². The van der Waals surface area contributed by atoms with Crippen LogP contribution in [0.1, 0.15) is 123 Å². The molecule has 10 aromatic rings. The minimum absolute atomic E-state index is 0.0220. The zero-order valence-electron chi connectivity index (χ0n) is 44.7. The lowest BCUT2D eigenvalue weighted by molar-refractivity contribution is 0.589. The van der Waals surface area contributed by atoms with E-state index in [1.54, 1.807) is 0 Å². The van der Waals surface area contributed by atoms with Gasteiger partial charge in [-0.1, -0.05) is 261 Å². The lowest BCUT2D eigenvalue weighted by atomic mass is 9.67. The molecule has 0 saturated carbocycles. The molecule has 75 heavy (non-hydrogen) atoms. The summed E-state index contributed by atoms with van der Waals surface area (Å²) in [6.45, 7) is 16.1. The highest BCUT2D eigenvalue weighted by molar-refractivity contribution is 5.93. The van der Waals surface area contributed by atoms with Crippen molar-refractivity contribution < 1.29 is 0 Å². The summed E-state index contributed by atoms with van der Waals surface area (Å²) in [5.74, 6) is 0. The molecule has 0 saturated heterocycles. The van der Waals surface area contributed by atoms with Crippen molar-refractivity contribution in [1.82, 2.24) is 0 Å². The fourth-order valence-electron chi connectivity index (χ4n) is 12.8. The number of unbranched alkanes of at least 4 members (excludes halogenated alkanes) is 1. The van der Waals surface area contributed by atoms with Gasteiger partial charge in [-0.2, -0.15) is 0 Å². The lowest BCUT2D eigenvalue weighted by Crippen LogP contribution is -2.29. The van der Waals surface area contributed by atoms with E-state index in [4.69, 9.17) is 0 Å². The molecule has 2 aliphatic rings. The summed E-state index contributed by atoms with van der Waals surface area (Å²) in [4.78, 5) is 2.54. The number of fused-ring (bicyclic) bond motifs is 6. The highest BCUT2D eigenvalue weighted by Gasteiger charge is 2.48. The van der Waals surface area contributed by atoms with Crippen LogP contribution in [0.2, 0.25) is 0 Å². The van der Waals surface area contributed by atoms with Crippen LogP contribution in [-0.2, 0) is 28.1 Å². The highest BCUT2D eigenvalue weighted by atomic mass is 15.1. The van der Waals surface area contributed by atoms with E-state index in [2.05, 4.69) is 296 Å². The maximum Gasteiger partial charge on any atom is 0.0714 e. The van der Waals surface area contributed by atoms with Crippen molar-refractivity contribution in [2.45, 2.75) is 89.4 Å². The van der Waals surface area contributed by atoms with Crippen molar-refractivity contribution in [3.8, 4) is 33.4 Å². The zero-order valence-corrected chi connectivity index (χ0v) is 44.7.